The third-order valence-corrected chi connectivity index (χ3v) is 7.79. The fourth-order valence-electron chi connectivity index (χ4n) is 4.69. The van der Waals surface area contributed by atoms with E-state index in [1.807, 2.05) is 39.0 Å². The zero-order chi connectivity index (χ0) is 33.0. The van der Waals surface area contributed by atoms with Gasteiger partial charge in [-0.1, -0.05) is 74.0 Å². The number of amides is 2. The van der Waals surface area contributed by atoms with Crippen molar-refractivity contribution in [2.75, 3.05) is 0 Å². The van der Waals surface area contributed by atoms with Crippen LogP contribution >= 0.6 is 23.2 Å². The van der Waals surface area contributed by atoms with E-state index in [-0.39, 0.29) is 23.7 Å². The molecular formula is C29H40Cl2N4O7S. The molecule has 2 aromatic rings. The highest BCUT2D eigenvalue weighted by Gasteiger charge is 2.53. The molecule has 2 amide bonds. The lowest BCUT2D eigenvalue weighted by Gasteiger charge is -2.41. The Hall–Kier alpha value is -2.84. The molecule has 0 bridgehead atoms. The van der Waals surface area contributed by atoms with Gasteiger partial charge in [-0.15, -0.1) is 23.2 Å². The Morgan fingerprint density at radius 3 is 1.98 bits per heavy atom. The Kier molecular flexibility index (Phi) is 15.5. The van der Waals surface area contributed by atoms with E-state index in [0.717, 1.165) is 11.1 Å². The van der Waals surface area contributed by atoms with Crippen LogP contribution in [0.3, 0.4) is 0 Å². The van der Waals surface area contributed by atoms with Gasteiger partial charge in [0, 0.05) is 0 Å². The molecule has 0 heterocycles. The molecule has 0 saturated carbocycles. The van der Waals surface area contributed by atoms with Crippen LogP contribution in [-0.4, -0.2) is 46.7 Å². The number of ketones is 1. The molecule has 238 valence electrons. The number of carbonyl (C=O) groups excluding carboxylic acids is 3. The van der Waals surface area contributed by atoms with Crippen molar-refractivity contribution in [2.24, 2.45) is 34.7 Å². The second-order valence-corrected chi connectivity index (χ2v) is 13.2. The molecule has 0 fully saturated rings. The van der Waals surface area contributed by atoms with Gasteiger partial charge < -0.3 is 5.73 Å². The Balaban J connectivity index is 0.000000699. The summed E-state index contributed by atoms with van der Waals surface area (Å²) >= 11 is 12.3. The minimum Gasteiger partial charge on any atom is -0.322 e. The predicted octanol–water partition coefficient (Wildman–Crippen LogP) is 3.81. The van der Waals surface area contributed by atoms with Crippen molar-refractivity contribution in [3.63, 3.8) is 0 Å². The molecule has 0 aliphatic rings. The number of hydroxylamine groups is 1. The molecule has 0 spiro atoms. The quantitative estimate of drug-likeness (QED) is 0.0462. The molecular weight excluding hydrogens is 619 g/mol. The van der Waals surface area contributed by atoms with Crippen LogP contribution in [0.1, 0.15) is 44.7 Å². The third-order valence-electron chi connectivity index (χ3n) is 6.61. The maximum atomic E-state index is 13.6. The van der Waals surface area contributed by atoms with Gasteiger partial charge in [-0.3, -0.25) is 29.6 Å². The fraction of sp³-hybridized carbons (Fsp3) is 0.414. The number of hydrazine groups is 1. The Bertz CT molecular complexity index is 1340. The van der Waals surface area contributed by atoms with Crippen LogP contribution in [0.5, 0.6) is 0 Å². The van der Waals surface area contributed by atoms with Crippen molar-refractivity contribution in [3.05, 3.63) is 71.8 Å². The summed E-state index contributed by atoms with van der Waals surface area (Å²) in [5.74, 6) is 0.720. The van der Waals surface area contributed by atoms with E-state index in [2.05, 4.69) is 5.43 Å². The van der Waals surface area contributed by atoms with Crippen molar-refractivity contribution >= 4 is 57.0 Å². The summed E-state index contributed by atoms with van der Waals surface area (Å²) in [5.41, 5.74) is 9.61. The highest BCUT2D eigenvalue weighted by atomic mass is 35.5. The van der Waals surface area contributed by atoms with Gasteiger partial charge in [0.1, 0.15) is 4.84 Å². The van der Waals surface area contributed by atoms with Crippen LogP contribution in [0.4, 0.5) is 0 Å². The summed E-state index contributed by atoms with van der Waals surface area (Å²) in [6.07, 6.45) is 3.12. The van der Waals surface area contributed by atoms with Crippen molar-refractivity contribution in [1.29, 1.82) is 0 Å². The summed E-state index contributed by atoms with van der Waals surface area (Å²) in [7, 11) is -4.02. The van der Waals surface area contributed by atoms with Crippen molar-refractivity contribution in [1.82, 2.24) is 10.9 Å². The lowest BCUT2D eigenvalue weighted by molar-refractivity contribution is -0.151. The Morgan fingerprint density at radius 2 is 1.56 bits per heavy atom. The SMILES string of the molecule is CC(C)C[C@@H](C(=O)NN)[C@H](C(=O)NO)C(/C=C/c1ccccc1)(CC(Cl)Cl)C(=O)[C@@H](C)N.Cc1ccc(S(=O)(=O)O)cc1. The first-order valence-corrected chi connectivity index (χ1v) is 15.6. The van der Waals surface area contributed by atoms with Gasteiger partial charge in [0.15, 0.2) is 5.78 Å². The fourth-order valence-corrected chi connectivity index (χ4v) is 5.68. The summed E-state index contributed by atoms with van der Waals surface area (Å²) in [6, 6.07) is 14.0. The number of aryl methyl sites for hydroxylation is 1. The standard InChI is InChI=1S/C22H32Cl2N4O4.C7H8O3S/c1-13(2)11-16(20(30)27-26)18(21(31)28-32)22(12-17(23)24,19(29)14(3)25)10-9-15-7-5-4-6-8-15;1-6-2-4-7(5-3-6)11(8,9)10/h4-10,13-14,16-18,32H,11-12,25-26H2,1-3H3,(H,27,30)(H,28,31);2-5H,1H3,(H,8,9,10)/b10-9+;/t14-,16-,18-,22?;/m1./s1. The van der Waals surface area contributed by atoms with Gasteiger partial charge in [0.05, 0.1) is 28.2 Å². The van der Waals surface area contributed by atoms with Crippen molar-refractivity contribution in [2.45, 2.75) is 56.3 Å². The number of hydrogen-bond acceptors (Lipinski definition) is 8. The number of alkyl halides is 2. The summed E-state index contributed by atoms with van der Waals surface area (Å²) in [6.45, 7) is 7.02. The van der Waals surface area contributed by atoms with Crippen LogP contribution in [0.15, 0.2) is 65.6 Å². The molecule has 43 heavy (non-hydrogen) atoms. The number of allylic oxidation sites excluding steroid dienone is 1. The first-order valence-electron chi connectivity index (χ1n) is 13.3. The molecule has 0 aromatic heterocycles. The van der Waals surface area contributed by atoms with E-state index < -0.39 is 55.8 Å². The highest BCUT2D eigenvalue weighted by Crippen LogP contribution is 2.45. The van der Waals surface area contributed by atoms with Crippen LogP contribution in [0, 0.1) is 30.1 Å². The predicted molar refractivity (Wildman–Crippen MR) is 166 cm³/mol. The zero-order valence-corrected chi connectivity index (χ0v) is 26.7. The monoisotopic (exact) mass is 658 g/mol. The van der Waals surface area contributed by atoms with Crippen LogP contribution in [-0.2, 0) is 24.5 Å². The largest absolute Gasteiger partial charge is 0.322 e. The van der Waals surface area contributed by atoms with Crippen molar-refractivity contribution in [3.8, 4) is 0 Å². The van der Waals surface area contributed by atoms with E-state index in [1.165, 1.54) is 25.1 Å². The number of rotatable bonds is 13. The van der Waals surface area contributed by atoms with E-state index in [9.17, 15) is 28.0 Å². The Labute approximate surface area is 262 Å². The molecule has 4 atom stereocenters. The lowest BCUT2D eigenvalue weighted by atomic mass is 9.61. The zero-order valence-electron chi connectivity index (χ0n) is 24.4. The minimum atomic E-state index is -4.02. The number of benzene rings is 2. The van der Waals surface area contributed by atoms with Crippen LogP contribution < -0.4 is 22.5 Å². The maximum Gasteiger partial charge on any atom is 0.294 e. The summed E-state index contributed by atoms with van der Waals surface area (Å²) in [4.78, 5) is 38.2. The number of nitrogens with two attached hydrogens (primary N) is 2. The van der Waals surface area contributed by atoms with Crippen molar-refractivity contribution < 1.29 is 32.6 Å². The second-order valence-electron chi connectivity index (χ2n) is 10.5. The molecule has 1 unspecified atom stereocenters. The normalized spacial score (nSPS) is 15.2. The van der Waals surface area contributed by atoms with Crippen LogP contribution in [0.2, 0.25) is 0 Å². The molecule has 2 rings (SSSR count). The van der Waals surface area contributed by atoms with E-state index in [4.69, 9.17) is 39.3 Å². The van der Waals surface area contributed by atoms with E-state index in [0.29, 0.717) is 0 Å². The molecule has 0 aliphatic heterocycles. The molecule has 0 saturated heterocycles. The molecule has 0 radical (unpaired) electrons. The number of halogens is 2. The average molecular weight is 660 g/mol. The molecule has 2 aromatic carbocycles. The first kappa shape index (κ1) is 38.2. The molecule has 14 heteroatoms. The van der Waals surface area contributed by atoms with Gasteiger partial charge in [-0.05, 0) is 50.3 Å². The average Bonchev–Trinajstić information content (AvgIpc) is 2.94. The molecule has 8 N–H and O–H groups in total. The maximum absolute atomic E-state index is 13.6. The number of carbonyl (C=O) groups is 3. The van der Waals surface area contributed by atoms with E-state index in [1.54, 1.807) is 35.8 Å². The van der Waals surface area contributed by atoms with Gasteiger partial charge in [-0.25, -0.2) is 11.3 Å². The summed E-state index contributed by atoms with van der Waals surface area (Å²) in [5, 5.41) is 9.55. The van der Waals surface area contributed by atoms with Gasteiger partial charge in [0.2, 0.25) is 11.8 Å². The smallest absolute Gasteiger partial charge is 0.294 e. The van der Waals surface area contributed by atoms with Gasteiger partial charge >= 0.3 is 0 Å². The van der Waals surface area contributed by atoms with Gasteiger partial charge in [-0.2, -0.15) is 8.42 Å². The minimum absolute atomic E-state index is 0.0460. The number of Topliss-reactive ketones (excluding diaryl/α,β-unsaturated/α-hetero) is 1. The summed E-state index contributed by atoms with van der Waals surface area (Å²) < 4.78 is 29.6. The topological polar surface area (TPSA) is 202 Å². The van der Waals surface area contributed by atoms with Crippen LogP contribution in [0.25, 0.3) is 6.08 Å². The Morgan fingerprint density at radius 1 is 1.00 bits per heavy atom. The molecule has 11 nitrogen and oxygen atoms in total. The second kappa shape index (κ2) is 17.5. The van der Waals surface area contributed by atoms with Gasteiger partial charge in [0.25, 0.3) is 10.1 Å². The number of nitrogens with one attached hydrogen (secondary N) is 2. The first-order chi connectivity index (χ1) is 20.0. The number of hydrogen-bond donors (Lipinski definition) is 6. The highest BCUT2D eigenvalue weighted by molar-refractivity contribution is 7.85. The third kappa shape index (κ3) is 11.6. The lowest BCUT2D eigenvalue weighted by Crippen LogP contribution is -2.56. The molecule has 0 aliphatic carbocycles. The van der Waals surface area contributed by atoms with E-state index >= 15 is 0 Å².